The van der Waals surface area contributed by atoms with E-state index in [2.05, 4.69) is 25.3 Å². The second-order valence-corrected chi connectivity index (χ2v) is 9.17. The van der Waals surface area contributed by atoms with Crippen LogP contribution in [0.5, 0.6) is 5.75 Å². The van der Waals surface area contributed by atoms with Gasteiger partial charge >= 0.3 is 0 Å². The first-order valence-electron chi connectivity index (χ1n) is 10.6. The van der Waals surface area contributed by atoms with E-state index >= 15 is 0 Å². The molecule has 0 saturated heterocycles. The van der Waals surface area contributed by atoms with E-state index in [1.165, 1.54) is 13.2 Å². The summed E-state index contributed by atoms with van der Waals surface area (Å²) in [6.45, 7) is 1.68. The Morgan fingerprint density at radius 2 is 1.66 bits per heavy atom. The van der Waals surface area contributed by atoms with Crippen LogP contribution in [0.3, 0.4) is 0 Å². The molecule has 1 aromatic heterocycles. The number of aromatic nitrogens is 2. The number of benzene rings is 3. The molecule has 0 atom stereocenters. The van der Waals surface area contributed by atoms with Crippen molar-refractivity contribution in [2.45, 2.75) is 11.8 Å². The highest BCUT2D eigenvalue weighted by Gasteiger charge is 2.20. The third-order valence-corrected chi connectivity index (χ3v) is 6.54. The molecule has 178 valence electrons. The van der Waals surface area contributed by atoms with Crippen molar-refractivity contribution in [3.05, 3.63) is 96.3 Å². The maximum absolute atomic E-state index is 13.1. The second kappa shape index (κ2) is 10.2. The number of methoxy groups -OCH3 is 1. The fourth-order valence-electron chi connectivity index (χ4n) is 3.33. The number of hydrogen-bond acceptors (Lipinski definition) is 7. The van der Waals surface area contributed by atoms with Crippen LogP contribution in [-0.2, 0) is 10.0 Å². The van der Waals surface area contributed by atoms with E-state index in [0.29, 0.717) is 39.9 Å². The van der Waals surface area contributed by atoms with Crippen molar-refractivity contribution in [2.75, 3.05) is 22.5 Å². The van der Waals surface area contributed by atoms with Gasteiger partial charge in [-0.25, -0.2) is 18.4 Å². The van der Waals surface area contributed by atoms with E-state index in [4.69, 9.17) is 4.74 Å². The SMILES string of the molecule is COc1ccccc1NS(=O)(=O)c1cc(NC(=O)c2cccc(Nc3ncccn3)c2)ccc1C. The van der Waals surface area contributed by atoms with Crippen LogP contribution in [0, 0.1) is 6.92 Å². The Morgan fingerprint density at radius 1 is 0.886 bits per heavy atom. The van der Waals surface area contributed by atoms with Crippen molar-refractivity contribution < 1.29 is 17.9 Å². The summed E-state index contributed by atoms with van der Waals surface area (Å²) in [7, 11) is -2.48. The number of ether oxygens (including phenoxy) is 1. The van der Waals surface area contributed by atoms with E-state index < -0.39 is 15.9 Å². The van der Waals surface area contributed by atoms with Crippen LogP contribution in [0.2, 0.25) is 0 Å². The molecule has 0 bridgehead atoms. The minimum absolute atomic E-state index is 0.0397. The van der Waals surface area contributed by atoms with Crippen molar-refractivity contribution in [1.29, 1.82) is 0 Å². The van der Waals surface area contributed by atoms with Crippen LogP contribution in [0.4, 0.5) is 23.0 Å². The molecule has 1 amide bonds. The smallest absolute Gasteiger partial charge is 0.262 e. The standard InChI is InChI=1S/C25H23N5O4S/c1-17-11-12-20(16-23(17)35(32,33)30-21-9-3-4-10-22(21)34-2)28-24(31)18-7-5-8-19(15-18)29-25-26-13-6-14-27-25/h3-16,30H,1-2H3,(H,28,31)(H,26,27,29). The lowest BCUT2D eigenvalue weighted by Crippen LogP contribution is -2.16. The fraction of sp³-hybridized carbons (Fsp3) is 0.0800. The molecule has 4 rings (SSSR count). The number of para-hydroxylation sites is 2. The molecule has 0 saturated carbocycles. The Balaban J connectivity index is 1.54. The van der Waals surface area contributed by atoms with Crippen LogP contribution in [0.15, 0.2) is 90.1 Å². The molecule has 4 aromatic rings. The number of sulfonamides is 1. The highest BCUT2D eigenvalue weighted by Crippen LogP contribution is 2.28. The molecule has 0 fully saturated rings. The summed E-state index contributed by atoms with van der Waals surface area (Å²) < 4.78 is 34.0. The number of aryl methyl sites for hydroxylation is 1. The summed E-state index contributed by atoms with van der Waals surface area (Å²) >= 11 is 0. The first-order valence-corrected chi connectivity index (χ1v) is 12.1. The summed E-state index contributed by atoms with van der Waals surface area (Å²) in [5.74, 6) is 0.404. The van der Waals surface area contributed by atoms with E-state index in [1.54, 1.807) is 86.0 Å². The number of nitrogens with one attached hydrogen (secondary N) is 3. The molecule has 0 unspecified atom stereocenters. The molecular weight excluding hydrogens is 466 g/mol. The predicted octanol–water partition coefficient (Wildman–Crippen LogP) is 4.59. The molecule has 3 N–H and O–H groups in total. The number of carbonyl (C=O) groups excluding carboxylic acids is 1. The molecule has 0 spiro atoms. The average molecular weight is 490 g/mol. The first-order chi connectivity index (χ1) is 16.9. The van der Waals surface area contributed by atoms with Gasteiger partial charge in [0.15, 0.2) is 0 Å². The van der Waals surface area contributed by atoms with Gasteiger partial charge in [-0.05, 0) is 61.0 Å². The Bertz CT molecular complexity index is 1460. The lowest BCUT2D eigenvalue weighted by atomic mass is 10.1. The molecule has 1 heterocycles. The van der Waals surface area contributed by atoms with Gasteiger partial charge in [-0.15, -0.1) is 0 Å². The third kappa shape index (κ3) is 5.74. The van der Waals surface area contributed by atoms with E-state index in [-0.39, 0.29) is 4.90 Å². The number of hydrogen-bond donors (Lipinski definition) is 3. The zero-order chi connectivity index (χ0) is 24.8. The summed E-state index contributed by atoms with van der Waals surface area (Å²) in [6.07, 6.45) is 3.22. The van der Waals surface area contributed by atoms with Crippen LogP contribution < -0.4 is 20.1 Å². The van der Waals surface area contributed by atoms with Crippen LogP contribution in [-0.4, -0.2) is 31.4 Å². The number of amides is 1. The van der Waals surface area contributed by atoms with E-state index in [1.807, 2.05) is 0 Å². The van der Waals surface area contributed by atoms with Crippen molar-refractivity contribution in [1.82, 2.24) is 9.97 Å². The van der Waals surface area contributed by atoms with Crippen molar-refractivity contribution in [3.63, 3.8) is 0 Å². The highest BCUT2D eigenvalue weighted by molar-refractivity contribution is 7.92. The minimum atomic E-state index is -3.95. The predicted molar refractivity (Wildman–Crippen MR) is 135 cm³/mol. The summed E-state index contributed by atoms with van der Waals surface area (Å²) in [5.41, 5.74) is 2.20. The Kier molecular flexibility index (Phi) is 6.93. The zero-order valence-electron chi connectivity index (χ0n) is 19.0. The maximum atomic E-state index is 13.1. The lowest BCUT2D eigenvalue weighted by molar-refractivity contribution is 0.102. The molecule has 0 aliphatic heterocycles. The normalized spacial score (nSPS) is 10.9. The van der Waals surface area contributed by atoms with Gasteiger partial charge in [0, 0.05) is 29.3 Å². The Morgan fingerprint density at radius 3 is 2.43 bits per heavy atom. The topological polar surface area (TPSA) is 122 Å². The van der Waals surface area contributed by atoms with Gasteiger partial charge in [0.1, 0.15) is 5.75 Å². The maximum Gasteiger partial charge on any atom is 0.262 e. The van der Waals surface area contributed by atoms with Gasteiger partial charge in [0.25, 0.3) is 15.9 Å². The molecule has 0 radical (unpaired) electrons. The fourth-order valence-corrected chi connectivity index (χ4v) is 4.67. The number of nitrogens with zero attached hydrogens (tertiary/aromatic N) is 2. The van der Waals surface area contributed by atoms with Crippen LogP contribution in [0.25, 0.3) is 0 Å². The van der Waals surface area contributed by atoms with E-state index in [9.17, 15) is 13.2 Å². The summed E-state index contributed by atoms with van der Waals surface area (Å²) in [4.78, 5) is 21.1. The van der Waals surface area contributed by atoms with E-state index in [0.717, 1.165) is 0 Å². The van der Waals surface area contributed by atoms with Crippen LogP contribution in [0.1, 0.15) is 15.9 Å². The van der Waals surface area contributed by atoms with Gasteiger partial charge in [-0.1, -0.05) is 24.3 Å². The molecule has 35 heavy (non-hydrogen) atoms. The van der Waals surface area contributed by atoms with Crippen molar-refractivity contribution >= 4 is 38.9 Å². The third-order valence-electron chi connectivity index (χ3n) is 5.03. The van der Waals surface area contributed by atoms with Gasteiger partial charge in [0.05, 0.1) is 17.7 Å². The van der Waals surface area contributed by atoms with Gasteiger partial charge in [-0.3, -0.25) is 9.52 Å². The number of carbonyl (C=O) groups is 1. The first kappa shape index (κ1) is 23.7. The highest BCUT2D eigenvalue weighted by atomic mass is 32.2. The van der Waals surface area contributed by atoms with Gasteiger partial charge in [-0.2, -0.15) is 0 Å². The zero-order valence-corrected chi connectivity index (χ0v) is 19.8. The average Bonchev–Trinajstić information content (AvgIpc) is 2.86. The Labute approximate surface area is 203 Å². The minimum Gasteiger partial charge on any atom is -0.495 e. The molecule has 10 heteroatoms. The van der Waals surface area contributed by atoms with Gasteiger partial charge in [0.2, 0.25) is 5.95 Å². The summed E-state index contributed by atoms with van der Waals surface area (Å²) in [6, 6.07) is 19.9. The molecule has 3 aromatic carbocycles. The van der Waals surface area contributed by atoms with Crippen LogP contribution >= 0.6 is 0 Å². The molecule has 0 aliphatic rings. The van der Waals surface area contributed by atoms with Gasteiger partial charge < -0.3 is 15.4 Å². The number of rotatable bonds is 8. The second-order valence-electron chi connectivity index (χ2n) is 7.52. The summed E-state index contributed by atoms with van der Waals surface area (Å²) in [5, 5.41) is 5.79. The van der Waals surface area contributed by atoms with Crippen molar-refractivity contribution in [2.24, 2.45) is 0 Å². The monoisotopic (exact) mass is 489 g/mol. The van der Waals surface area contributed by atoms with Crippen molar-refractivity contribution in [3.8, 4) is 5.75 Å². The molecule has 0 aliphatic carbocycles. The quantitative estimate of drug-likeness (QED) is 0.331. The largest absolute Gasteiger partial charge is 0.495 e. The number of anilines is 4. The Hall–Kier alpha value is -4.44. The molecule has 9 nitrogen and oxygen atoms in total. The molecular formula is C25H23N5O4S. The lowest BCUT2D eigenvalue weighted by Gasteiger charge is -2.14.